The molecule has 1 aliphatic rings. The minimum absolute atomic E-state index is 0.231. The number of hydrazone groups is 1. The highest BCUT2D eigenvalue weighted by Crippen LogP contribution is 2.16. The maximum atomic E-state index is 11.6. The fraction of sp³-hybridized carbons (Fsp3) is 0.0833. The van der Waals surface area contributed by atoms with Crippen LogP contribution < -0.4 is 10.5 Å². The van der Waals surface area contributed by atoms with E-state index in [0.29, 0.717) is 11.3 Å². The summed E-state index contributed by atoms with van der Waals surface area (Å²) in [6, 6.07) is 2.65. The summed E-state index contributed by atoms with van der Waals surface area (Å²) in [6.45, 7) is 1.58. The van der Waals surface area contributed by atoms with E-state index in [2.05, 4.69) is 10.5 Å². The fourth-order valence-electron chi connectivity index (χ4n) is 1.40. The van der Waals surface area contributed by atoms with Crippen molar-refractivity contribution in [3.8, 4) is 0 Å². The Bertz CT molecular complexity index is 609. The van der Waals surface area contributed by atoms with Crippen LogP contribution in [0, 0.1) is 10.1 Å². The molecule has 1 aromatic rings. The summed E-state index contributed by atoms with van der Waals surface area (Å²) >= 11 is 0. The second-order valence-corrected chi connectivity index (χ2v) is 3.71. The van der Waals surface area contributed by atoms with Gasteiger partial charge >= 0.3 is 5.88 Å². The first-order valence-corrected chi connectivity index (χ1v) is 5.39. The van der Waals surface area contributed by atoms with Crippen molar-refractivity contribution >= 4 is 11.6 Å². The summed E-state index contributed by atoms with van der Waals surface area (Å²) in [5, 5.41) is 25.9. The molecule has 19 heavy (non-hydrogen) atoms. The van der Waals surface area contributed by atoms with Crippen LogP contribution in [0.1, 0.15) is 12.7 Å². The molecule has 0 aliphatic heterocycles. The van der Waals surface area contributed by atoms with Crippen molar-refractivity contribution in [3.63, 3.8) is 0 Å². The predicted molar refractivity (Wildman–Crippen MR) is 66.0 cm³/mol. The monoisotopic (exact) mass is 260 g/mol. The lowest BCUT2D eigenvalue weighted by atomic mass is 10.3. The first-order valence-electron chi connectivity index (χ1n) is 5.39. The molecule has 0 aromatic carbocycles. The molecule has 1 aromatic heterocycles. The van der Waals surface area contributed by atoms with Crippen molar-refractivity contribution in [1.29, 1.82) is 0 Å². The Labute approximate surface area is 108 Å². The average molecular weight is 260 g/mol. The molecule has 98 valence electrons. The third kappa shape index (κ3) is 2.89. The van der Waals surface area contributed by atoms with Crippen molar-refractivity contribution in [2.45, 2.75) is 6.92 Å². The van der Waals surface area contributed by atoms with Crippen molar-refractivity contribution in [1.82, 2.24) is 5.43 Å². The largest absolute Gasteiger partial charge is 0.859 e. The molecule has 1 N–H and O–H groups in total. The number of nitro groups is 1. The smallest absolute Gasteiger partial charge is 0.433 e. The minimum Gasteiger partial charge on any atom is -0.859 e. The Hall–Kier alpha value is -2.83. The Morgan fingerprint density at radius 2 is 2.05 bits per heavy atom. The van der Waals surface area contributed by atoms with Gasteiger partial charge in [-0.15, -0.1) is 0 Å². The lowest BCUT2D eigenvalue weighted by Gasteiger charge is -2.13. The molecule has 0 saturated carbocycles. The highest BCUT2D eigenvalue weighted by Gasteiger charge is 2.13. The van der Waals surface area contributed by atoms with Crippen LogP contribution in [-0.2, 0) is 0 Å². The molecule has 0 atom stereocenters. The van der Waals surface area contributed by atoms with Gasteiger partial charge in [-0.25, -0.2) is 0 Å². The van der Waals surface area contributed by atoms with Gasteiger partial charge in [-0.2, -0.15) is 5.10 Å². The first-order chi connectivity index (χ1) is 9.08. The molecule has 0 radical (unpaired) electrons. The summed E-state index contributed by atoms with van der Waals surface area (Å²) in [7, 11) is 0. The SMILES string of the molecule is C/C(=N\NC([O-])=C1C=CC=C1)c1ccc([N+](=O)[O-])o1. The number of hydrogen-bond acceptors (Lipinski definition) is 6. The van der Waals surface area contributed by atoms with E-state index in [4.69, 9.17) is 4.42 Å². The van der Waals surface area contributed by atoms with Gasteiger partial charge in [0.25, 0.3) is 0 Å². The van der Waals surface area contributed by atoms with E-state index < -0.39 is 4.92 Å². The van der Waals surface area contributed by atoms with Crippen LogP contribution in [0.25, 0.3) is 0 Å². The van der Waals surface area contributed by atoms with Crippen LogP contribution in [0.2, 0.25) is 0 Å². The summed E-state index contributed by atoms with van der Waals surface area (Å²) in [5.41, 5.74) is 3.17. The summed E-state index contributed by atoms with van der Waals surface area (Å²) in [5.74, 6) is -0.494. The van der Waals surface area contributed by atoms with Crippen LogP contribution in [0.3, 0.4) is 0 Å². The number of furan rings is 1. The van der Waals surface area contributed by atoms with Crippen molar-refractivity contribution in [2.24, 2.45) is 5.10 Å². The van der Waals surface area contributed by atoms with Crippen LogP contribution >= 0.6 is 0 Å². The Kier molecular flexibility index (Phi) is 3.46. The molecule has 0 fully saturated rings. The standard InChI is InChI=1S/C12H11N3O4/c1-8(10-6-7-11(19-10)15(17)18)13-14-12(16)9-4-2-3-5-9/h2-7,14,16H,1H3/p-1/b13-8+. The molecule has 7 heteroatoms. The van der Waals surface area contributed by atoms with Crippen molar-refractivity contribution < 1.29 is 14.4 Å². The van der Waals surface area contributed by atoms with Gasteiger partial charge in [0.05, 0.1) is 6.07 Å². The predicted octanol–water partition coefficient (Wildman–Crippen LogP) is 1.20. The number of rotatable bonds is 4. The van der Waals surface area contributed by atoms with Gasteiger partial charge in [0, 0.05) is 0 Å². The van der Waals surface area contributed by atoms with Gasteiger partial charge in [-0.05, 0) is 24.4 Å². The van der Waals surface area contributed by atoms with Crippen molar-refractivity contribution in [3.05, 3.63) is 63.8 Å². The average Bonchev–Trinajstić information content (AvgIpc) is 3.05. The fourth-order valence-corrected chi connectivity index (χ4v) is 1.40. The zero-order valence-corrected chi connectivity index (χ0v) is 9.99. The van der Waals surface area contributed by atoms with Gasteiger partial charge in [0.15, 0.2) is 5.76 Å². The van der Waals surface area contributed by atoms with Crippen LogP contribution in [0.4, 0.5) is 5.88 Å². The quantitative estimate of drug-likeness (QED) is 0.379. The molecule has 0 bridgehead atoms. The number of nitrogens with one attached hydrogen (secondary N) is 1. The van der Waals surface area contributed by atoms with Crippen molar-refractivity contribution in [2.75, 3.05) is 0 Å². The molecule has 1 aliphatic carbocycles. The molecule has 7 nitrogen and oxygen atoms in total. The van der Waals surface area contributed by atoms with Gasteiger partial charge in [0.2, 0.25) is 0 Å². The third-order valence-corrected chi connectivity index (χ3v) is 2.38. The number of nitrogens with zero attached hydrogens (tertiary/aromatic N) is 2. The van der Waals surface area contributed by atoms with E-state index in [-0.39, 0.29) is 17.5 Å². The molecule has 1 heterocycles. The Morgan fingerprint density at radius 3 is 2.63 bits per heavy atom. The minimum atomic E-state index is -0.640. The van der Waals surface area contributed by atoms with Gasteiger partial charge in [-0.1, -0.05) is 24.3 Å². The van der Waals surface area contributed by atoms with E-state index in [9.17, 15) is 15.2 Å². The molecule has 0 amide bonds. The second kappa shape index (κ2) is 5.21. The Morgan fingerprint density at radius 1 is 1.37 bits per heavy atom. The van der Waals surface area contributed by atoms with Gasteiger partial charge in [-0.3, -0.25) is 15.5 Å². The number of allylic oxidation sites excluding steroid dienone is 5. The molecule has 0 unspecified atom stereocenters. The second-order valence-electron chi connectivity index (χ2n) is 3.71. The molecule has 0 saturated heterocycles. The lowest BCUT2D eigenvalue weighted by molar-refractivity contribution is -0.402. The summed E-state index contributed by atoms with van der Waals surface area (Å²) < 4.78 is 4.95. The van der Waals surface area contributed by atoms with Gasteiger partial charge < -0.3 is 9.52 Å². The molecule has 0 spiro atoms. The summed E-state index contributed by atoms with van der Waals surface area (Å²) in [6.07, 6.45) is 6.78. The maximum Gasteiger partial charge on any atom is 0.433 e. The lowest BCUT2D eigenvalue weighted by Crippen LogP contribution is -2.21. The van der Waals surface area contributed by atoms with E-state index in [1.54, 1.807) is 31.2 Å². The van der Waals surface area contributed by atoms with E-state index >= 15 is 0 Å². The number of hydrogen-bond donors (Lipinski definition) is 1. The highest BCUT2D eigenvalue weighted by atomic mass is 16.6. The van der Waals surface area contributed by atoms with Gasteiger partial charge in [0.1, 0.15) is 10.6 Å². The van der Waals surface area contributed by atoms with Crippen LogP contribution in [0.5, 0.6) is 0 Å². The topological polar surface area (TPSA) is 104 Å². The van der Waals surface area contributed by atoms with Crippen LogP contribution in [-0.4, -0.2) is 10.6 Å². The van der Waals surface area contributed by atoms with E-state index in [0.717, 1.165) is 0 Å². The van der Waals surface area contributed by atoms with E-state index in [1.807, 2.05) is 0 Å². The first kappa shape index (κ1) is 12.6. The molecule has 2 rings (SSSR count). The Balaban J connectivity index is 2.10. The molecular formula is C12H10N3O4-. The van der Waals surface area contributed by atoms with Crippen LogP contribution in [0.15, 0.2) is 57.4 Å². The third-order valence-electron chi connectivity index (χ3n) is 2.38. The highest BCUT2D eigenvalue weighted by molar-refractivity contribution is 5.96. The zero-order chi connectivity index (χ0) is 13.8. The summed E-state index contributed by atoms with van der Waals surface area (Å²) in [4.78, 5) is 9.82. The normalized spacial score (nSPS) is 13.9. The zero-order valence-electron chi connectivity index (χ0n) is 9.99. The maximum absolute atomic E-state index is 11.6. The van der Waals surface area contributed by atoms with E-state index in [1.165, 1.54) is 12.1 Å². The molecular weight excluding hydrogens is 250 g/mol.